The van der Waals surface area contributed by atoms with Gasteiger partial charge in [0, 0.05) is 90.5 Å². The van der Waals surface area contributed by atoms with Gasteiger partial charge in [-0.05, 0) is 0 Å². The summed E-state index contributed by atoms with van der Waals surface area (Å²) in [5.41, 5.74) is 4.30. The number of aliphatic hydroxyl groups excluding tert-OH is 2. The maximum atomic E-state index is 11.7. The summed E-state index contributed by atoms with van der Waals surface area (Å²) in [6, 6.07) is 1.08. The Morgan fingerprint density at radius 3 is 1.88 bits per heavy atom. The van der Waals surface area contributed by atoms with Crippen molar-refractivity contribution in [3.63, 3.8) is 0 Å². The minimum absolute atomic E-state index is 0. The van der Waals surface area contributed by atoms with Crippen molar-refractivity contribution in [2.75, 3.05) is 18.9 Å². The van der Waals surface area contributed by atoms with Crippen LogP contribution in [0.4, 0.5) is 5.95 Å². The Hall–Kier alpha value is -0.602. The fourth-order valence-electron chi connectivity index (χ4n) is 4.49. The summed E-state index contributed by atoms with van der Waals surface area (Å²) < 4.78 is 72.7. The third-order valence-corrected chi connectivity index (χ3v) is 10.8. The van der Waals surface area contributed by atoms with Crippen LogP contribution in [0.5, 0.6) is 5.88 Å². The van der Waals surface area contributed by atoms with Gasteiger partial charge in [-0.2, -0.15) is 32.4 Å². The van der Waals surface area contributed by atoms with Crippen LogP contribution >= 0.6 is 31.3 Å². The number of aliphatic hydroxyl groups is 2. The Kier molecular flexibility index (Phi) is 23.9. The van der Waals surface area contributed by atoms with Crippen LogP contribution in [0, 0.1) is 13.8 Å². The molecule has 0 spiro atoms. The normalized spacial score (nSPS) is 24.6. The molecule has 5 rings (SSSR count). The molecule has 3 aromatic rings. The molecule has 320 valence electrons. The number of imidazole rings is 1. The van der Waals surface area contributed by atoms with Crippen LogP contribution in [0.3, 0.4) is 0 Å². The van der Waals surface area contributed by atoms with Gasteiger partial charge in [-0.1, -0.05) is 0 Å². The van der Waals surface area contributed by atoms with E-state index >= 15 is 0 Å². The predicted octanol–water partition coefficient (Wildman–Crippen LogP) is -1.56. The summed E-state index contributed by atoms with van der Waals surface area (Å²) in [6.45, 7) is 8.58. The molecule has 2 fully saturated rings. The van der Waals surface area contributed by atoms with E-state index in [-0.39, 0.29) is 95.4 Å². The van der Waals surface area contributed by atoms with Gasteiger partial charge < -0.3 is 78.3 Å². The quantitative estimate of drug-likeness (QED) is 0.0724. The summed E-state index contributed by atoms with van der Waals surface area (Å²) in [5.74, 6) is -0.640. The molecule has 5 heterocycles. The number of nitrogens with zero attached hydrogens (tertiary/aromatic N) is 5. The number of hydrogen-bond acceptors (Lipinski definition) is 20. The molecule has 0 amide bonds. The van der Waals surface area contributed by atoms with Gasteiger partial charge in [-0.15, -0.1) is 0 Å². The maximum Gasteiger partial charge on any atom is 0.490 e. The molecule has 28 nitrogen and oxygen atoms in total. The Bertz CT molecular complexity index is 2050. The van der Waals surface area contributed by atoms with Crippen LogP contribution in [-0.2, 0) is 111 Å². The number of phosphoric ester groups is 2. The van der Waals surface area contributed by atoms with Crippen molar-refractivity contribution in [3.8, 4) is 5.88 Å². The molecule has 0 saturated carbocycles. The molecular weight excluding hydrogens is 1010 g/mol. The van der Waals surface area contributed by atoms with Gasteiger partial charge in [0.2, 0.25) is 11.8 Å². The van der Waals surface area contributed by atoms with Crippen molar-refractivity contribution in [2.24, 2.45) is 0 Å². The molecule has 9 atom stereocenters. The second kappa shape index (κ2) is 24.1. The Morgan fingerprint density at radius 2 is 1.39 bits per heavy atom. The maximum absolute atomic E-state index is 11.7. The zero-order chi connectivity index (χ0) is 42.1. The second-order valence-electron chi connectivity index (χ2n) is 10.3. The van der Waals surface area contributed by atoms with Crippen molar-refractivity contribution in [1.82, 2.24) is 29.1 Å². The molecule has 2 saturated heterocycles. The van der Waals surface area contributed by atoms with Crippen molar-refractivity contribution in [3.05, 3.63) is 53.3 Å². The zero-order valence-corrected chi connectivity index (χ0v) is 38.8. The number of nitrogen functional groups attached to an aromatic ring is 1. The first-order valence-corrected chi connectivity index (χ1v) is 21.0. The van der Waals surface area contributed by atoms with E-state index < -0.39 is 98.5 Å². The minimum Gasteiger partial charge on any atom is -0.756 e. The van der Waals surface area contributed by atoms with Crippen LogP contribution < -0.4 is 21.9 Å². The number of aromatic amines is 1. The molecule has 5 unspecified atom stereocenters. The molecular formula is C23H38N7O21P4Y2-3. The number of phosphoric acid groups is 4. The van der Waals surface area contributed by atoms with E-state index in [1.807, 2.05) is 0 Å². The van der Waals surface area contributed by atoms with Gasteiger partial charge in [0.1, 0.15) is 24.7 Å². The first kappa shape index (κ1) is 56.4. The molecule has 0 bridgehead atoms. The Morgan fingerprint density at radius 1 is 0.877 bits per heavy atom. The molecule has 0 aromatic carbocycles. The number of anilines is 1. The smallest absolute Gasteiger partial charge is 0.490 e. The molecule has 2 radical (unpaired) electrons. The topological polar surface area (TPSA) is 433 Å². The molecule has 11 N–H and O–H groups in total. The standard InChI is InChI=1S/C10H14N5O7P.C9H15N2O14P3.2C2H5.2Y/c11-10-13-8-7(9(17)14-10)12-3-15(8)6-1-4(16)5(22-6)2-21-23(18,19)20;12-5-3-8(11-2-1-7(13)10-9(11)14)23-6(5)4-22-27(18,19)25-28(20,21)24-26(15,16)17;2*1-2;;/h3-6,16H,1-2H2,(H2,18,19,20)(H3,11,13,14,17);1-2,5-6,8,12H,3-4H2,(H,18,19)(H,20,21)(H,10,13,14)(H2,15,16,17);2*1H2,2H3;;/q;;2*-1;;/p-1/t4?,5-,6-;5?,6-,8-;;;;/m11..../s1. The number of nitrogens with one attached hydrogen (secondary N) is 1. The van der Waals surface area contributed by atoms with Crippen LogP contribution in [0.1, 0.15) is 39.1 Å². The van der Waals surface area contributed by atoms with Crippen molar-refractivity contribution < 1.29 is 156 Å². The summed E-state index contributed by atoms with van der Waals surface area (Å²) >= 11 is 0. The SMILES string of the molecule is Nc1nc2c(ncn2[C@H]2CC(O)[C@@H](COP(=O)([O-])O)O2)c(=O)[nH]1.O=c1nc(O)ccn1[C@H]1CC(O)[C@@H](COP(=O)(O)OP(=O)(O)OP(=O)(O)O)O1.[CH2-]C.[CH2-]C.[Y].[Y]. The zero-order valence-electron chi connectivity index (χ0n) is 29.6. The minimum atomic E-state index is -5.67. The van der Waals surface area contributed by atoms with Gasteiger partial charge in [0.05, 0.1) is 31.7 Å². The fraction of sp³-hybridized carbons (Fsp3) is 0.522. The van der Waals surface area contributed by atoms with E-state index in [0.29, 0.717) is 0 Å². The first-order valence-electron chi connectivity index (χ1n) is 15.0. The van der Waals surface area contributed by atoms with Crippen LogP contribution in [0.2, 0.25) is 0 Å². The van der Waals surface area contributed by atoms with Gasteiger partial charge in [-0.25, -0.2) is 23.5 Å². The number of aromatic nitrogens is 6. The summed E-state index contributed by atoms with van der Waals surface area (Å²) in [6.07, 6.45) is -4.08. The van der Waals surface area contributed by atoms with E-state index in [9.17, 15) is 47.8 Å². The summed E-state index contributed by atoms with van der Waals surface area (Å²) in [5, 5.41) is 28.9. The average Bonchev–Trinajstić information content (AvgIpc) is 3.75. The molecule has 2 aliphatic rings. The van der Waals surface area contributed by atoms with Crippen LogP contribution in [0.25, 0.3) is 11.2 Å². The van der Waals surface area contributed by atoms with E-state index in [4.69, 9.17) is 39.9 Å². The van der Waals surface area contributed by atoms with Crippen molar-refractivity contribution >= 4 is 48.4 Å². The van der Waals surface area contributed by atoms with Crippen molar-refractivity contribution in [1.29, 1.82) is 0 Å². The fourth-order valence-corrected chi connectivity index (χ4v) is 7.85. The Labute approximate surface area is 371 Å². The first-order chi connectivity index (χ1) is 25.4. The van der Waals surface area contributed by atoms with E-state index in [1.54, 1.807) is 13.8 Å². The number of ether oxygens (including phenoxy) is 2. The third-order valence-electron chi connectivity index (χ3n) is 6.51. The van der Waals surface area contributed by atoms with E-state index in [2.05, 4.69) is 51.5 Å². The van der Waals surface area contributed by atoms with E-state index in [0.717, 1.165) is 16.8 Å². The third kappa shape index (κ3) is 18.1. The molecule has 2 aliphatic heterocycles. The molecule has 57 heavy (non-hydrogen) atoms. The van der Waals surface area contributed by atoms with Gasteiger partial charge in [-0.3, -0.25) is 28.0 Å². The number of H-pyrrole nitrogens is 1. The number of fused-ring (bicyclic) bond motifs is 1. The number of hydrogen-bond donors (Lipinski definition) is 10. The summed E-state index contributed by atoms with van der Waals surface area (Å²) in [7, 11) is -21.5. The van der Waals surface area contributed by atoms with Crippen molar-refractivity contribution in [2.45, 2.75) is 63.6 Å². The number of rotatable bonds is 12. The number of nitrogens with two attached hydrogens (primary N) is 1. The Balaban J connectivity index is 0.000000992. The van der Waals surface area contributed by atoms with Gasteiger partial charge >= 0.3 is 29.2 Å². The predicted molar refractivity (Wildman–Crippen MR) is 179 cm³/mol. The number of aromatic hydroxyl groups is 1. The summed E-state index contributed by atoms with van der Waals surface area (Å²) in [4.78, 5) is 91.3. The second-order valence-corrected chi connectivity index (χ2v) is 15.9. The van der Waals surface area contributed by atoms with Gasteiger partial charge in [0.25, 0.3) is 13.4 Å². The molecule has 3 aromatic heterocycles. The van der Waals surface area contributed by atoms with Crippen LogP contribution in [0.15, 0.2) is 28.2 Å². The largest absolute Gasteiger partial charge is 0.756 e. The van der Waals surface area contributed by atoms with Gasteiger partial charge in [0.15, 0.2) is 11.2 Å². The van der Waals surface area contributed by atoms with Crippen LogP contribution in [-0.4, -0.2) is 106 Å². The average molecular weight is 1050 g/mol. The van der Waals surface area contributed by atoms with E-state index in [1.165, 1.54) is 10.9 Å². The molecule has 34 heteroatoms. The monoisotopic (exact) mass is 1050 g/mol. The molecule has 0 aliphatic carbocycles.